The Kier molecular flexibility index (Phi) is 6.81. The zero-order chi connectivity index (χ0) is 20.6. The molecule has 148 valence electrons. The Morgan fingerprint density at radius 1 is 1.07 bits per heavy atom. The predicted octanol–water partition coefficient (Wildman–Crippen LogP) is 5.25. The minimum atomic E-state index is -0.470. The predicted molar refractivity (Wildman–Crippen MR) is 116 cm³/mol. The summed E-state index contributed by atoms with van der Waals surface area (Å²) in [6, 6.07) is 16.9. The summed E-state index contributed by atoms with van der Waals surface area (Å²) in [5.41, 5.74) is 2.81. The van der Waals surface area contributed by atoms with Gasteiger partial charge in [0.05, 0.1) is 13.7 Å². The summed E-state index contributed by atoms with van der Waals surface area (Å²) in [5.74, 6) is -0.0642. The number of rotatable bonds is 7. The van der Waals surface area contributed by atoms with Crippen molar-refractivity contribution in [1.82, 2.24) is 0 Å². The number of carbonyl (C=O) groups excluding carboxylic acids is 2. The molecule has 0 spiro atoms. The maximum Gasteiger partial charge on any atom is 0.341 e. The van der Waals surface area contributed by atoms with E-state index in [0.29, 0.717) is 16.1 Å². The van der Waals surface area contributed by atoms with Gasteiger partial charge in [-0.3, -0.25) is 4.79 Å². The van der Waals surface area contributed by atoms with Crippen molar-refractivity contribution in [1.29, 1.82) is 0 Å². The van der Waals surface area contributed by atoms with Crippen molar-refractivity contribution in [3.8, 4) is 16.9 Å². The van der Waals surface area contributed by atoms with Crippen LogP contribution in [0.1, 0.15) is 22.8 Å². The lowest BCUT2D eigenvalue weighted by Crippen LogP contribution is -2.12. The van der Waals surface area contributed by atoms with Gasteiger partial charge in [-0.15, -0.1) is 11.3 Å². The molecule has 29 heavy (non-hydrogen) atoms. The van der Waals surface area contributed by atoms with E-state index in [9.17, 15) is 9.59 Å². The van der Waals surface area contributed by atoms with Gasteiger partial charge in [0.15, 0.2) is 0 Å². The number of esters is 1. The molecule has 0 aliphatic heterocycles. The fraction of sp³-hybridized carbons (Fsp3) is 0.130. The van der Waals surface area contributed by atoms with Crippen LogP contribution in [-0.2, 0) is 9.53 Å². The lowest BCUT2D eigenvalue weighted by atomic mass is 10.0. The third-order valence-corrected chi connectivity index (χ3v) is 5.03. The number of amides is 1. The van der Waals surface area contributed by atoms with Gasteiger partial charge < -0.3 is 14.8 Å². The number of nitrogens with one attached hydrogen (secondary N) is 1. The van der Waals surface area contributed by atoms with E-state index in [1.54, 1.807) is 20.1 Å². The zero-order valence-electron chi connectivity index (χ0n) is 16.2. The lowest BCUT2D eigenvalue weighted by molar-refractivity contribution is -0.111. The summed E-state index contributed by atoms with van der Waals surface area (Å²) in [6.07, 6.45) is 3.16. The van der Waals surface area contributed by atoms with Crippen molar-refractivity contribution in [2.24, 2.45) is 0 Å². The van der Waals surface area contributed by atoms with Gasteiger partial charge >= 0.3 is 5.97 Å². The molecule has 0 unspecified atom stereocenters. The number of methoxy groups -OCH3 is 1. The smallest absolute Gasteiger partial charge is 0.341 e. The molecule has 1 N–H and O–H groups in total. The maximum absolute atomic E-state index is 12.6. The first kappa shape index (κ1) is 20.4. The maximum atomic E-state index is 12.6. The molecule has 5 nitrogen and oxygen atoms in total. The normalized spacial score (nSPS) is 10.7. The van der Waals surface area contributed by atoms with Crippen molar-refractivity contribution >= 4 is 34.3 Å². The van der Waals surface area contributed by atoms with Gasteiger partial charge in [-0.2, -0.15) is 0 Å². The van der Waals surface area contributed by atoms with Gasteiger partial charge in [0.25, 0.3) is 0 Å². The van der Waals surface area contributed by atoms with Crippen molar-refractivity contribution in [2.75, 3.05) is 19.0 Å². The number of ether oxygens (including phenoxy) is 2. The van der Waals surface area contributed by atoms with Crippen LogP contribution in [0.25, 0.3) is 17.2 Å². The van der Waals surface area contributed by atoms with E-state index in [1.807, 2.05) is 60.0 Å². The Balaban J connectivity index is 1.87. The minimum Gasteiger partial charge on any atom is -0.497 e. The number of thiophene rings is 1. The number of hydrogen-bond acceptors (Lipinski definition) is 5. The molecule has 0 aliphatic rings. The molecule has 0 radical (unpaired) electrons. The first-order valence-electron chi connectivity index (χ1n) is 9.09. The molecule has 1 heterocycles. The second-order valence-corrected chi connectivity index (χ2v) is 6.92. The topological polar surface area (TPSA) is 64.6 Å². The molecule has 1 amide bonds. The van der Waals surface area contributed by atoms with Gasteiger partial charge in [0, 0.05) is 17.0 Å². The largest absolute Gasteiger partial charge is 0.497 e. The van der Waals surface area contributed by atoms with Crippen LogP contribution >= 0.6 is 11.3 Å². The highest BCUT2D eigenvalue weighted by molar-refractivity contribution is 7.15. The van der Waals surface area contributed by atoms with Gasteiger partial charge in [-0.05, 0) is 36.3 Å². The van der Waals surface area contributed by atoms with Gasteiger partial charge in [0.2, 0.25) is 5.91 Å². The van der Waals surface area contributed by atoms with E-state index >= 15 is 0 Å². The molecular formula is C23H21NO4S. The van der Waals surface area contributed by atoms with Crippen LogP contribution in [0, 0.1) is 0 Å². The fourth-order valence-corrected chi connectivity index (χ4v) is 3.69. The monoisotopic (exact) mass is 407 g/mol. The summed E-state index contributed by atoms with van der Waals surface area (Å²) in [6.45, 7) is 2.00. The van der Waals surface area contributed by atoms with Crippen LogP contribution in [-0.4, -0.2) is 25.6 Å². The zero-order valence-corrected chi connectivity index (χ0v) is 17.0. The van der Waals surface area contributed by atoms with Crippen LogP contribution in [0.15, 0.2) is 66.1 Å². The first-order chi connectivity index (χ1) is 14.1. The molecule has 6 heteroatoms. The summed E-state index contributed by atoms with van der Waals surface area (Å²) in [5, 5.41) is 5.09. The molecule has 0 saturated heterocycles. The summed E-state index contributed by atoms with van der Waals surface area (Å²) in [4.78, 5) is 25.0. The molecular weight excluding hydrogens is 386 g/mol. The third-order valence-electron chi connectivity index (χ3n) is 4.14. The van der Waals surface area contributed by atoms with Crippen molar-refractivity contribution < 1.29 is 19.1 Å². The Morgan fingerprint density at radius 2 is 1.79 bits per heavy atom. The van der Waals surface area contributed by atoms with Gasteiger partial charge in [-0.1, -0.05) is 42.5 Å². The highest BCUT2D eigenvalue weighted by atomic mass is 32.1. The Morgan fingerprint density at radius 3 is 2.45 bits per heavy atom. The number of hydrogen-bond donors (Lipinski definition) is 1. The Labute approximate surface area is 173 Å². The van der Waals surface area contributed by atoms with E-state index < -0.39 is 5.97 Å². The standard InChI is InChI=1S/C23H21NO4S/c1-3-28-23(26)21-19(17-10-12-18(27-2)13-11-17)15-29-22(21)24-20(25)14-9-16-7-5-4-6-8-16/h4-15H,3H2,1-2H3,(H,24,25). The molecule has 2 aromatic carbocycles. The van der Waals surface area contributed by atoms with Crippen molar-refractivity contribution in [3.63, 3.8) is 0 Å². The molecule has 0 bridgehead atoms. The average Bonchev–Trinajstić information content (AvgIpc) is 3.16. The Hall–Kier alpha value is -3.38. The number of anilines is 1. The van der Waals surface area contributed by atoms with Crippen LogP contribution in [0.4, 0.5) is 5.00 Å². The van der Waals surface area contributed by atoms with E-state index in [2.05, 4.69) is 5.32 Å². The molecule has 1 aromatic heterocycles. The summed E-state index contributed by atoms with van der Waals surface area (Å²) < 4.78 is 10.4. The summed E-state index contributed by atoms with van der Waals surface area (Å²) >= 11 is 1.29. The van der Waals surface area contributed by atoms with Crippen LogP contribution in [0.3, 0.4) is 0 Å². The van der Waals surface area contributed by atoms with Crippen LogP contribution in [0.5, 0.6) is 5.75 Å². The lowest BCUT2D eigenvalue weighted by Gasteiger charge is -2.08. The fourth-order valence-electron chi connectivity index (χ4n) is 2.73. The van der Waals surface area contributed by atoms with E-state index in [0.717, 1.165) is 16.9 Å². The third kappa shape index (κ3) is 5.12. The quantitative estimate of drug-likeness (QED) is 0.429. The molecule has 0 saturated carbocycles. The molecule has 3 aromatic rings. The second-order valence-electron chi connectivity index (χ2n) is 6.04. The van der Waals surface area contributed by atoms with Gasteiger partial charge in [-0.25, -0.2) is 4.79 Å². The molecule has 0 aliphatic carbocycles. The highest BCUT2D eigenvalue weighted by Gasteiger charge is 2.22. The van der Waals surface area contributed by atoms with E-state index in [1.165, 1.54) is 17.4 Å². The number of carbonyl (C=O) groups is 2. The summed E-state index contributed by atoms with van der Waals surface area (Å²) in [7, 11) is 1.60. The average molecular weight is 407 g/mol. The first-order valence-corrected chi connectivity index (χ1v) is 9.97. The van der Waals surface area contributed by atoms with E-state index in [-0.39, 0.29) is 12.5 Å². The van der Waals surface area contributed by atoms with Crippen LogP contribution in [0.2, 0.25) is 0 Å². The minimum absolute atomic E-state index is 0.248. The second kappa shape index (κ2) is 9.71. The van der Waals surface area contributed by atoms with Crippen molar-refractivity contribution in [2.45, 2.75) is 6.92 Å². The van der Waals surface area contributed by atoms with E-state index in [4.69, 9.17) is 9.47 Å². The van der Waals surface area contributed by atoms with Crippen LogP contribution < -0.4 is 10.1 Å². The number of benzene rings is 2. The van der Waals surface area contributed by atoms with Crippen molar-refractivity contribution in [3.05, 3.63) is 77.2 Å². The van der Waals surface area contributed by atoms with Gasteiger partial charge in [0.1, 0.15) is 16.3 Å². The SMILES string of the molecule is CCOC(=O)c1c(-c2ccc(OC)cc2)csc1NC(=O)C=Cc1ccccc1. The molecule has 0 fully saturated rings. The highest BCUT2D eigenvalue weighted by Crippen LogP contribution is 2.36. The molecule has 0 atom stereocenters. The Bertz CT molecular complexity index is 1010. The molecule has 3 rings (SSSR count).